The standard InChI is InChI=1S/C19H16Cl2N4O/c1-25(12-13-6-3-2-4-7-13)19-22-11-10-16(24-19)18(26)23-15-9-5-8-14(20)17(15)21/h2-11H,12H2,1H3,(H,23,26). The molecule has 132 valence electrons. The second-order valence-electron chi connectivity index (χ2n) is 5.64. The van der Waals surface area contributed by atoms with E-state index in [-0.39, 0.29) is 16.6 Å². The lowest BCUT2D eigenvalue weighted by Crippen LogP contribution is -2.21. The van der Waals surface area contributed by atoms with Crippen LogP contribution in [-0.2, 0) is 6.54 Å². The zero-order valence-electron chi connectivity index (χ0n) is 14.0. The van der Waals surface area contributed by atoms with Crippen molar-refractivity contribution in [2.45, 2.75) is 6.54 Å². The molecule has 3 rings (SSSR count). The number of halogens is 2. The van der Waals surface area contributed by atoms with Gasteiger partial charge in [-0.3, -0.25) is 4.79 Å². The Balaban J connectivity index is 1.76. The predicted octanol–water partition coefficient (Wildman–Crippen LogP) is 4.67. The van der Waals surface area contributed by atoms with Crippen molar-refractivity contribution in [2.75, 3.05) is 17.3 Å². The summed E-state index contributed by atoms with van der Waals surface area (Å²) in [4.78, 5) is 23.0. The fourth-order valence-corrected chi connectivity index (χ4v) is 2.72. The number of hydrogen-bond acceptors (Lipinski definition) is 4. The topological polar surface area (TPSA) is 58.1 Å². The normalized spacial score (nSPS) is 10.4. The maximum Gasteiger partial charge on any atom is 0.274 e. The van der Waals surface area contributed by atoms with Crippen LogP contribution in [0.25, 0.3) is 0 Å². The van der Waals surface area contributed by atoms with Gasteiger partial charge in [0.05, 0.1) is 15.7 Å². The molecular weight excluding hydrogens is 371 g/mol. The summed E-state index contributed by atoms with van der Waals surface area (Å²) in [6, 6.07) is 16.5. The molecule has 2 aromatic carbocycles. The summed E-state index contributed by atoms with van der Waals surface area (Å²) in [5.41, 5.74) is 1.80. The van der Waals surface area contributed by atoms with Crippen LogP contribution in [-0.4, -0.2) is 22.9 Å². The first-order chi connectivity index (χ1) is 12.5. The number of nitrogens with zero attached hydrogens (tertiary/aromatic N) is 3. The van der Waals surface area contributed by atoms with Gasteiger partial charge >= 0.3 is 0 Å². The van der Waals surface area contributed by atoms with Crippen molar-refractivity contribution in [3.8, 4) is 0 Å². The molecule has 0 atom stereocenters. The van der Waals surface area contributed by atoms with Gasteiger partial charge in [-0.25, -0.2) is 9.97 Å². The third-order valence-corrected chi connectivity index (χ3v) is 4.50. The van der Waals surface area contributed by atoms with Crippen molar-refractivity contribution in [2.24, 2.45) is 0 Å². The van der Waals surface area contributed by atoms with Gasteiger partial charge in [0.25, 0.3) is 5.91 Å². The molecule has 26 heavy (non-hydrogen) atoms. The Kier molecular flexibility index (Phi) is 5.71. The fraction of sp³-hybridized carbons (Fsp3) is 0.105. The average molecular weight is 387 g/mol. The van der Waals surface area contributed by atoms with Gasteiger partial charge in [0.1, 0.15) is 5.69 Å². The third-order valence-electron chi connectivity index (χ3n) is 3.68. The Hall–Kier alpha value is -2.63. The lowest BCUT2D eigenvalue weighted by Gasteiger charge is -2.17. The molecule has 1 heterocycles. The number of hydrogen-bond donors (Lipinski definition) is 1. The number of carbonyl (C=O) groups excluding carboxylic acids is 1. The molecule has 0 aliphatic rings. The minimum atomic E-state index is -0.383. The second-order valence-corrected chi connectivity index (χ2v) is 6.42. The van der Waals surface area contributed by atoms with Crippen LogP contribution in [0.15, 0.2) is 60.8 Å². The summed E-state index contributed by atoms with van der Waals surface area (Å²) < 4.78 is 0. The van der Waals surface area contributed by atoms with Crippen LogP contribution < -0.4 is 10.2 Å². The smallest absolute Gasteiger partial charge is 0.274 e. The SMILES string of the molecule is CN(Cc1ccccc1)c1nccc(C(=O)Nc2cccc(Cl)c2Cl)n1. The lowest BCUT2D eigenvalue weighted by atomic mass is 10.2. The largest absolute Gasteiger partial charge is 0.340 e. The first-order valence-corrected chi connectivity index (χ1v) is 8.63. The van der Waals surface area contributed by atoms with Gasteiger partial charge in [-0.05, 0) is 23.8 Å². The molecule has 0 spiro atoms. The number of anilines is 2. The molecular formula is C19H16Cl2N4O. The minimum Gasteiger partial charge on any atom is -0.340 e. The summed E-state index contributed by atoms with van der Waals surface area (Å²) in [5.74, 6) is 0.0737. The maximum absolute atomic E-state index is 12.5. The van der Waals surface area contributed by atoms with Crippen LogP contribution in [0, 0.1) is 0 Å². The summed E-state index contributed by atoms with van der Waals surface area (Å²) >= 11 is 12.1. The minimum absolute atomic E-state index is 0.242. The highest BCUT2D eigenvalue weighted by molar-refractivity contribution is 6.44. The molecule has 0 unspecified atom stereocenters. The van der Waals surface area contributed by atoms with Crippen molar-refractivity contribution >= 4 is 40.7 Å². The Morgan fingerprint density at radius 1 is 1.08 bits per heavy atom. The van der Waals surface area contributed by atoms with Crippen LogP contribution in [0.5, 0.6) is 0 Å². The first-order valence-electron chi connectivity index (χ1n) is 7.88. The number of aromatic nitrogens is 2. The number of carbonyl (C=O) groups is 1. The highest BCUT2D eigenvalue weighted by atomic mass is 35.5. The van der Waals surface area contributed by atoms with Crippen LogP contribution in [0.2, 0.25) is 10.0 Å². The number of nitrogens with one attached hydrogen (secondary N) is 1. The van der Waals surface area contributed by atoms with E-state index in [1.165, 1.54) is 0 Å². The molecule has 5 nitrogen and oxygen atoms in total. The van der Waals surface area contributed by atoms with E-state index in [2.05, 4.69) is 15.3 Å². The van der Waals surface area contributed by atoms with E-state index >= 15 is 0 Å². The molecule has 0 fully saturated rings. The molecule has 0 bridgehead atoms. The zero-order valence-corrected chi connectivity index (χ0v) is 15.5. The fourth-order valence-electron chi connectivity index (χ4n) is 2.37. The molecule has 0 aliphatic heterocycles. The van der Waals surface area contributed by atoms with Gasteiger partial charge < -0.3 is 10.2 Å². The van der Waals surface area contributed by atoms with Crippen LogP contribution in [0.3, 0.4) is 0 Å². The van der Waals surface area contributed by atoms with E-state index in [1.807, 2.05) is 42.3 Å². The molecule has 1 aromatic heterocycles. The van der Waals surface area contributed by atoms with Crippen molar-refractivity contribution in [3.63, 3.8) is 0 Å². The highest BCUT2D eigenvalue weighted by Gasteiger charge is 2.14. The molecule has 0 saturated heterocycles. The van der Waals surface area contributed by atoms with E-state index in [9.17, 15) is 4.79 Å². The Bertz CT molecular complexity index is 918. The molecule has 7 heteroatoms. The zero-order chi connectivity index (χ0) is 18.5. The molecule has 1 N–H and O–H groups in total. The third kappa shape index (κ3) is 4.31. The monoisotopic (exact) mass is 386 g/mol. The molecule has 1 amide bonds. The number of rotatable bonds is 5. The van der Waals surface area contributed by atoms with Crippen molar-refractivity contribution in [1.82, 2.24) is 9.97 Å². The van der Waals surface area contributed by atoms with Crippen LogP contribution >= 0.6 is 23.2 Å². The maximum atomic E-state index is 12.5. The summed E-state index contributed by atoms with van der Waals surface area (Å²) in [5, 5.41) is 3.38. The first kappa shape index (κ1) is 18.2. The second kappa shape index (κ2) is 8.17. The van der Waals surface area contributed by atoms with Gasteiger partial charge in [-0.1, -0.05) is 59.6 Å². The van der Waals surface area contributed by atoms with E-state index in [0.29, 0.717) is 23.2 Å². The van der Waals surface area contributed by atoms with Crippen molar-refractivity contribution < 1.29 is 4.79 Å². The molecule has 0 saturated carbocycles. The van der Waals surface area contributed by atoms with Gasteiger partial charge in [0.15, 0.2) is 0 Å². The van der Waals surface area contributed by atoms with E-state index in [4.69, 9.17) is 23.2 Å². The lowest BCUT2D eigenvalue weighted by molar-refractivity contribution is 0.102. The van der Waals surface area contributed by atoms with E-state index in [1.54, 1.807) is 30.5 Å². The van der Waals surface area contributed by atoms with Gasteiger partial charge in [-0.15, -0.1) is 0 Å². The van der Waals surface area contributed by atoms with Gasteiger partial charge in [0.2, 0.25) is 5.95 Å². The predicted molar refractivity (Wildman–Crippen MR) is 105 cm³/mol. The van der Waals surface area contributed by atoms with Gasteiger partial charge in [-0.2, -0.15) is 0 Å². The number of benzene rings is 2. The van der Waals surface area contributed by atoms with E-state index < -0.39 is 0 Å². The highest BCUT2D eigenvalue weighted by Crippen LogP contribution is 2.29. The van der Waals surface area contributed by atoms with Crippen LogP contribution in [0.1, 0.15) is 16.1 Å². The summed E-state index contributed by atoms with van der Waals surface area (Å²) in [7, 11) is 1.87. The number of amides is 1. The van der Waals surface area contributed by atoms with Crippen molar-refractivity contribution in [1.29, 1.82) is 0 Å². The van der Waals surface area contributed by atoms with Crippen molar-refractivity contribution in [3.05, 3.63) is 82.1 Å². The summed E-state index contributed by atoms with van der Waals surface area (Å²) in [6.07, 6.45) is 1.55. The molecule has 3 aromatic rings. The molecule has 0 aliphatic carbocycles. The van der Waals surface area contributed by atoms with Gasteiger partial charge in [0, 0.05) is 19.8 Å². The average Bonchev–Trinajstić information content (AvgIpc) is 2.66. The Morgan fingerprint density at radius 2 is 1.85 bits per heavy atom. The van der Waals surface area contributed by atoms with Crippen LogP contribution in [0.4, 0.5) is 11.6 Å². The quantitative estimate of drug-likeness (QED) is 0.691. The Labute approximate surface area is 161 Å². The summed E-state index contributed by atoms with van der Waals surface area (Å²) in [6.45, 7) is 0.631. The molecule has 0 radical (unpaired) electrons. The van der Waals surface area contributed by atoms with E-state index in [0.717, 1.165) is 5.56 Å². The Morgan fingerprint density at radius 3 is 2.62 bits per heavy atom.